The fraction of sp³-hybridized carbons (Fsp3) is 0.389. The number of benzene rings is 1. The van der Waals surface area contributed by atoms with E-state index < -0.39 is 11.6 Å². The number of carbonyl (C=O) groups is 1. The highest BCUT2D eigenvalue weighted by Gasteiger charge is 2.20. The summed E-state index contributed by atoms with van der Waals surface area (Å²) in [6, 6.07) is 6.07. The molecule has 1 aliphatic heterocycles. The van der Waals surface area contributed by atoms with Crippen LogP contribution in [0.2, 0.25) is 0 Å². The van der Waals surface area contributed by atoms with Crippen LogP contribution >= 0.6 is 11.3 Å². The number of rotatable bonds is 5. The van der Waals surface area contributed by atoms with E-state index in [1.54, 1.807) is 13.0 Å². The second kappa shape index (κ2) is 7.40. The van der Waals surface area contributed by atoms with Gasteiger partial charge in [-0.2, -0.15) is 0 Å². The van der Waals surface area contributed by atoms with Crippen LogP contribution in [0.3, 0.4) is 0 Å². The Morgan fingerprint density at radius 3 is 2.88 bits per heavy atom. The van der Waals surface area contributed by atoms with Crippen LogP contribution in [0.25, 0.3) is 0 Å². The third-order valence-corrected chi connectivity index (χ3v) is 5.28. The highest BCUT2D eigenvalue weighted by Crippen LogP contribution is 2.22. The van der Waals surface area contributed by atoms with Crippen molar-refractivity contribution in [1.82, 2.24) is 4.90 Å². The van der Waals surface area contributed by atoms with Gasteiger partial charge in [0.25, 0.3) is 0 Å². The molecule has 2 aromatic rings. The summed E-state index contributed by atoms with van der Waals surface area (Å²) in [5, 5.41) is 5.32. The summed E-state index contributed by atoms with van der Waals surface area (Å²) >= 11 is 1.48. The molecule has 0 spiro atoms. The topological polar surface area (TPSA) is 32.3 Å². The van der Waals surface area contributed by atoms with Crippen molar-refractivity contribution < 1.29 is 13.6 Å². The van der Waals surface area contributed by atoms with Crippen molar-refractivity contribution >= 4 is 22.8 Å². The lowest BCUT2D eigenvalue weighted by Gasteiger charge is -2.33. The van der Waals surface area contributed by atoms with E-state index in [0.29, 0.717) is 5.69 Å². The van der Waals surface area contributed by atoms with Gasteiger partial charge in [-0.15, -0.1) is 11.3 Å². The number of ketones is 1. The van der Waals surface area contributed by atoms with Crippen molar-refractivity contribution in [3.63, 3.8) is 0 Å². The first-order chi connectivity index (χ1) is 11.5. The van der Waals surface area contributed by atoms with E-state index in [0.717, 1.165) is 49.0 Å². The molecule has 0 saturated carbocycles. The average molecular weight is 350 g/mol. The van der Waals surface area contributed by atoms with Gasteiger partial charge in [0.15, 0.2) is 17.4 Å². The van der Waals surface area contributed by atoms with Crippen molar-refractivity contribution in [1.29, 1.82) is 0 Å². The number of Topliss-reactive ketones (excluding diaryl/α,β-unsaturated/α-hetero) is 1. The zero-order valence-corrected chi connectivity index (χ0v) is 14.3. The van der Waals surface area contributed by atoms with Gasteiger partial charge in [-0.25, -0.2) is 8.78 Å². The zero-order valence-electron chi connectivity index (χ0n) is 13.5. The molecule has 1 aliphatic rings. The fourth-order valence-corrected chi connectivity index (χ4v) is 3.85. The molecule has 1 unspecified atom stereocenters. The minimum absolute atomic E-state index is 0.0998. The zero-order chi connectivity index (χ0) is 17.1. The Balaban J connectivity index is 1.59. The summed E-state index contributed by atoms with van der Waals surface area (Å²) in [7, 11) is 0. The number of hydrogen-bond acceptors (Lipinski definition) is 4. The molecule has 2 heterocycles. The first-order valence-corrected chi connectivity index (χ1v) is 8.91. The molecule has 6 heteroatoms. The first-order valence-electron chi connectivity index (χ1n) is 8.03. The number of nitrogens with zero attached hydrogens (tertiary/aromatic N) is 1. The van der Waals surface area contributed by atoms with Crippen molar-refractivity contribution in [3.05, 3.63) is 51.7 Å². The smallest absolute Gasteiger partial charge is 0.169 e. The second-order valence-corrected chi connectivity index (χ2v) is 7.13. The summed E-state index contributed by atoms with van der Waals surface area (Å²) in [6.45, 7) is 4.23. The maximum absolute atomic E-state index is 13.3. The van der Waals surface area contributed by atoms with Gasteiger partial charge < -0.3 is 5.32 Å². The van der Waals surface area contributed by atoms with Crippen molar-refractivity contribution in [3.8, 4) is 0 Å². The van der Waals surface area contributed by atoms with E-state index in [1.165, 1.54) is 17.4 Å². The van der Waals surface area contributed by atoms with Crippen LogP contribution in [0.5, 0.6) is 0 Å². The number of nitrogens with one attached hydrogen (secondary N) is 1. The first kappa shape index (κ1) is 17.0. The molecule has 0 amide bonds. The maximum Gasteiger partial charge on any atom is 0.169 e. The Morgan fingerprint density at radius 2 is 2.17 bits per heavy atom. The van der Waals surface area contributed by atoms with E-state index in [9.17, 15) is 13.6 Å². The molecule has 24 heavy (non-hydrogen) atoms. The largest absolute Gasteiger partial charge is 0.381 e. The number of hydrogen-bond donors (Lipinski definition) is 1. The van der Waals surface area contributed by atoms with Crippen molar-refractivity contribution in [2.75, 3.05) is 18.4 Å². The van der Waals surface area contributed by atoms with Gasteiger partial charge in [0.2, 0.25) is 0 Å². The van der Waals surface area contributed by atoms with E-state index in [-0.39, 0.29) is 11.8 Å². The lowest BCUT2D eigenvalue weighted by Crippen LogP contribution is -2.41. The molecule has 1 saturated heterocycles. The molecule has 0 radical (unpaired) electrons. The third kappa shape index (κ3) is 4.19. The molecule has 1 fully saturated rings. The minimum Gasteiger partial charge on any atom is -0.381 e. The summed E-state index contributed by atoms with van der Waals surface area (Å²) in [6.07, 6.45) is 2.04. The number of likely N-dealkylation sites (tertiary alicyclic amines) is 1. The van der Waals surface area contributed by atoms with Gasteiger partial charge >= 0.3 is 0 Å². The van der Waals surface area contributed by atoms with Crippen LogP contribution in [0, 0.1) is 11.6 Å². The normalized spacial score (nSPS) is 18.5. The van der Waals surface area contributed by atoms with Crippen molar-refractivity contribution in [2.24, 2.45) is 0 Å². The van der Waals surface area contributed by atoms with E-state index in [1.807, 2.05) is 11.4 Å². The molecule has 1 aromatic heterocycles. The summed E-state index contributed by atoms with van der Waals surface area (Å²) < 4.78 is 26.3. The Bertz CT molecular complexity index is 732. The molecule has 1 N–H and O–H groups in total. The molecule has 3 nitrogen and oxygen atoms in total. The molecule has 0 bridgehead atoms. The monoisotopic (exact) mass is 350 g/mol. The fourth-order valence-electron chi connectivity index (χ4n) is 3.04. The van der Waals surface area contributed by atoms with Crippen LogP contribution in [0.15, 0.2) is 29.6 Å². The van der Waals surface area contributed by atoms with Gasteiger partial charge in [0, 0.05) is 30.9 Å². The number of halogens is 2. The van der Waals surface area contributed by atoms with Crippen LogP contribution in [-0.4, -0.2) is 29.8 Å². The van der Waals surface area contributed by atoms with Gasteiger partial charge in [-0.1, -0.05) is 0 Å². The van der Waals surface area contributed by atoms with Crippen LogP contribution in [-0.2, 0) is 6.54 Å². The minimum atomic E-state index is -0.831. The molecular formula is C18H20F2N2OS. The Labute approximate surface area is 144 Å². The Morgan fingerprint density at radius 1 is 1.33 bits per heavy atom. The lowest BCUT2D eigenvalue weighted by atomic mass is 10.0. The molecule has 3 rings (SSSR count). The molecule has 0 aliphatic carbocycles. The van der Waals surface area contributed by atoms with Gasteiger partial charge in [-0.05, 0) is 55.5 Å². The van der Waals surface area contributed by atoms with Crippen LogP contribution < -0.4 is 5.32 Å². The Hall–Kier alpha value is -1.79. The van der Waals surface area contributed by atoms with Crippen LogP contribution in [0.4, 0.5) is 14.5 Å². The van der Waals surface area contributed by atoms with Gasteiger partial charge in [0.1, 0.15) is 0 Å². The third-order valence-electron chi connectivity index (χ3n) is 4.20. The van der Waals surface area contributed by atoms with E-state index >= 15 is 0 Å². The highest BCUT2D eigenvalue weighted by atomic mass is 32.1. The molecule has 1 aromatic carbocycles. The summed E-state index contributed by atoms with van der Waals surface area (Å²) in [5.41, 5.74) is 1.76. The molecule has 128 valence electrons. The summed E-state index contributed by atoms with van der Waals surface area (Å²) in [4.78, 5) is 14.5. The molecule has 1 atom stereocenters. The predicted octanol–water partition coefficient (Wildman–Crippen LogP) is 4.31. The predicted molar refractivity (Wildman–Crippen MR) is 92.6 cm³/mol. The Kier molecular flexibility index (Phi) is 5.26. The average Bonchev–Trinajstić information content (AvgIpc) is 3.00. The van der Waals surface area contributed by atoms with Crippen LogP contribution in [0.1, 0.15) is 35.0 Å². The highest BCUT2D eigenvalue weighted by molar-refractivity contribution is 7.12. The number of piperidine rings is 1. The van der Waals surface area contributed by atoms with E-state index in [4.69, 9.17) is 0 Å². The maximum atomic E-state index is 13.3. The van der Waals surface area contributed by atoms with Gasteiger partial charge in [0.05, 0.1) is 4.88 Å². The van der Waals surface area contributed by atoms with E-state index in [2.05, 4.69) is 10.2 Å². The molecular weight excluding hydrogens is 330 g/mol. The SMILES string of the molecule is CC(=O)c1cc(CN2CCCC(Nc3ccc(F)c(F)c3)C2)cs1. The number of thiophene rings is 1. The quantitative estimate of drug-likeness (QED) is 0.816. The summed E-state index contributed by atoms with van der Waals surface area (Å²) in [5.74, 6) is -1.56. The lowest BCUT2D eigenvalue weighted by molar-refractivity contribution is 0.102. The number of anilines is 1. The van der Waals surface area contributed by atoms with Gasteiger partial charge in [-0.3, -0.25) is 9.69 Å². The second-order valence-electron chi connectivity index (χ2n) is 6.22. The number of carbonyl (C=O) groups excluding carboxylic acids is 1. The standard InChI is InChI=1S/C18H20F2N2OS/c1-12(23)18-7-13(11-24-18)9-22-6-2-3-15(10-22)21-14-4-5-16(19)17(20)8-14/h4-5,7-8,11,15,21H,2-3,6,9-10H2,1H3. The van der Waals surface area contributed by atoms with Crippen molar-refractivity contribution in [2.45, 2.75) is 32.4 Å².